The number of carbonyl (C=O) groups is 1. The fourth-order valence-electron chi connectivity index (χ4n) is 4.67. The van der Waals surface area contributed by atoms with Gasteiger partial charge < -0.3 is 19.1 Å². The summed E-state index contributed by atoms with van der Waals surface area (Å²) in [4.78, 5) is 24.0. The number of rotatable bonds is 3. The molecule has 6 nitrogen and oxygen atoms in total. The molecule has 1 aliphatic heterocycles. The molecular weight excluding hydrogens is 346 g/mol. The van der Waals surface area contributed by atoms with Crippen molar-refractivity contribution in [2.45, 2.75) is 44.1 Å². The number of aromatic carboxylic acids is 1. The number of aromatic nitrogens is 1. The Labute approximate surface area is 157 Å². The second kappa shape index (κ2) is 6.44. The quantitative estimate of drug-likeness (QED) is 0.897. The monoisotopic (exact) mass is 369 g/mol. The Morgan fingerprint density at radius 1 is 1.07 bits per heavy atom. The van der Waals surface area contributed by atoms with E-state index >= 15 is 0 Å². The second-order valence-corrected chi connectivity index (χ2v) is 7.44. The minimum absolute atomic E-state index is 0.173. The fourth-order valence-corrected chi connectivity index (χ4v) is 4.67. The number of carboxylic acids is 1. The normalized spacial score (nSPS) is 17.1. The minimum atomic E-state index is -1.18. The smallest absolute Gasteiger partial charge is 0.341 e. The van der Waals surface area contributed by atoms with Crippen LogP contribution in [-0.2, 0) is 12.0 Å². The Balaban J connectivity index is 2.01. The Morgan fingerprint density at radius 3 is 2.37 bits per heavy atom. The van der Waals surface area contributed by atoms with E-state index in [1.807, 2.05) is 16.7 Å². The van der Waals surface area contributed by atoms with E-state index < -0.39 is 11.4 Å². The molecule has 0 bridgehead atoms. The highest BCUT2D eigenvalue weighted by atomic mass is 16.5. The van der Waals surface area contributed by atoms with Gasteiger partial charge in [-0.15, -0.1) is 0 Å². The van der Waals surface area contributed by atoms with Crippen LogP contribution >= 0.6 is 0 Å². The molecule has 2 aromatic rings. The van der Waals surface area contributed by atoms with Crippen LogP contribution in [0.1, 0.15) is 48.0 Å². The Kier molecular flexibility index (Phi) is 4.21. The molecule has 2 heterocycles. The molecule has 1 N–H and O–H groups in total. The lowest BCUT2D eigenvalue weighted by Crippen LogP contribution is -2.42. The van der Waals surface area contributed by atoms with Gasteiger partial charge in [0.2, 0.25) is 0 Å². The van der Waals surface area contributed by atoms with Gasteiger partial charge in [0.15, 0.2) is 16.9 Å². The van der Waals surface area contributed by atoms with Gasteiger partial charge >= 0.3 is 5.97 Å². The van der Waals surface area contributed by atoms with Crippen LogP contribution < -0.4 is 14.9 Å². The molecule has 0 atom stereocenters. The summed E-state index contributed by atoms with van der Waals surface area (Å²) in [7, 11) is 3.19. The minimum Gasteiger partial charge on any atom is -0.493 e. The van der Waals surface area contributed by atoms with Crippen molar-refractivity contribution in [3.8, 4) is 22.8 Å². The van der Waals surface area contributed by atoms with Gasteiger partial charge in [0, 0.05) is 23.4 Å². The van der Waals surface area contributed by atoms with Crippen molar-refractivity contribution in [1.29, 1.82) is 0 Å². The molecule has 142 valence electrons. The first-order valence-corrected chi connectivity index (χ1v) is 9.25. The molecule has 1 aliphatic carbocycles. The van der Waals surface area contributed by atoms with Crippen LogP contribution in [0.4, 0.5) is 0 Å². The average molecular weight is 369 g/mol. The molecule has 27 heavy (non-hydrogen) atoms. The molecule has 0 saturated heterocycles. The molecule has 1 aromatic carbocycles. The highest BCUT2D eigenvalue weighted by Gasteiger charge is 2.40. The molecule has 1 saturated carbocycles. The second-order valence-electron chi connectivity index (χ2n) is 7.44. The molecule has 1 spiro atoms. The van der Waals surface area contributed by atoms with Crippen molar-refractivity contribution >= 4 is 5.97 Å². The van der Waals surface area contributed by atoms with Crippen LogP contribution in [0.3, 0.4) is 0 Å². The summed E-state index contributed by atoms with van der Waals surface area (Å²) in [5.41, 5.74) is 1.93. The number of pyridine rings is 1. The van der Waals surface area contributed by atoms with Crippen molar-refractivity contribution in [3.05, 3.63) is 45.7 Å². The van der Waals surface area contributed by atoms with Crippen LogP contribution in [0, 0.1) is 0 Å². The number of hydrogen-bond donors (Lipinski definition) is 1. The third-order valence-electron chi connectivity index (χ3n) is 5.98. The lowest BCUT2D eigenvalue weighted by Gasteiger charge is -2.45. The number of methoxy groups -OCH3 is 2. The van der Waals surface area contributed by atoms with Crippen LogP contribution in [0.2, 0.25) is 0 Å². The third-order valence-corrected chi connectivity index (χ3v) is 5.98. The van der Waals surface area contributed by atoms with Crippen LogP contribution in [0.5, 0.6) is 11.5 Å². The van der Waals surface area contributed by atoms with Crippen LogP contribution in [0.25, 0.3) is 11.3 Å². The number of hydrogen-bond acceptors (Lipinski definition) is 4. The van der Waals surface area contributed by atoms with Crippen molar-refractivity contribution in [2.75, 3.05) is 14.2 Å². The Hall–Kier alpha value is -2.76. The van der Waals surface area contributed by atoms with E-state index in [1.165, 1.54) is 12.5 Å². The molecule has 0 radical (unpaired) electrons. The maximum Gasteiger partial charge on any atom is 0.341 e. The zero-order chi connectivity index (χ0) is 19.2. The van der Waals surface area contributed by atoms with Gasteiger partial charge in [0.05, 0.1) is 19.9 Å². The van der Waals surface area contributed by atoms with E-state index in [0.29, 0.717) is 11.5 Å². The number of nitrogens with zero attached hydrogens (tertiary/aromatic N) is 1. The molecule has 0 unspecified atom stereocenters. The van der Waals surface area contributed by atoms with E-state index in [4.69, 9.17) is 9.47 Å². The van der Waals surface area contributed by atoms with Gasteiger partial charge in [0.1, 0.15) is 5.56 Å². The van der Waals surface area contributed by atoms with Gasteiger partial charge in [-0.05, 0) is 37.0 Å². The van der Waals surface area contributed by atoms with Crippen molar-refractivity contribution < 1.29 is 19.4 Å². The fraction of sp³-hybridized carbons (Fsp3) is 0.429. The summed E-state index contributed by atoms with van der Waals surface area (Å²) < 4.78 is 13.0. The predicted octanol–water partition coefficient (Wildman–Crippen LogP) is 3.45. The third kappa shape index (κ3) is 2.71. The predicted molar refractivity (Wildman–Crippen MR) is 101 cm³/mol. The van der Waals surface area contributed by atoms with Crippen molar-refractivity contribution in [1.82, 2.24) is 4.57 Å². The molecule has 1 aromatic heterocycles. The molecule has 4 rings (SSSR count). The van der Waals surface area contributed by atoms with Gasteiger partial charge in [-0.3, -0.25) is 4.79 Å². The van der Waals surface area contributed by atoms with E-state index in [1.54, 1.807) is 20.4 Å². The summed E-state index contributed by atoms with van der Waals surface area (Å²) in [6.07, 6.45) is 7.64. The molecule has 1 fully saturated rings. The van der Waals surface area contributed by atoms with Crippen molar-refractivity contribution in [2.24, 2.45) is 0 Å². The zero-order valence-corrected chi connectivity index (χ0v) is 15.6. The van der Waals surface area contributed by atoms with Crippen molar-refractivity contribution in [3.63, 3.8) is 0 Å². The van der Waals surface area contributed by atoms with Gasteiger partial charge in [0.25, 0.3) is 0 Å². The lowest BCUT2D eigenvalue weighted by atomic mass is 9.73. The summed E-state index contributed by atoms with van der Waals surface area (Å²) in [6, 6.07) is 5.34. The first kappa shape index (κ1) is 17.6. The largest absolute Gasteiger partial charge is 0.493 e. The molecule has 6 heteroatoms. The number of carboxylic acid groups (broad SMARTS) is 1. The Bertz CT molecular complexity index is 969. The maximum atomic E-state index is 12.4. The number of fused-ring (bicyclic) bond motifs is 4. The molecular formula is C21H23NO5. The summed E-state index contributed by atoms with van der Waals surface area (Å²) >= 11 is 0. The standard InChI is InChI=1S/C21H23NO5/c1-26-18-8-13-11-21(6-4-3-5-7-21)22-12-15(20(24)25)17(23)10-16(22)14(13)9-19(18)27-2/h8-10,12H,3-7,11H2,1-2H3,(H,24,25). The number of ether oxygens (including phenoxy) is 2. The summed E-state index contributed by atoms with van der Waals surface area (Å²) in [6.45, 7) is 0. The lowest BCUT2D eigenvalue weighted by molar-refractivity contribution is 0.0693. The first-order valence-electron chi connectivity index (χ1n) is 9.25. The van der Waals surface area contributed by atoms with E-state index in [9.17, 15) is 14.7 Å². The average Bonchev–Trinajstić information content (AvgIpc) is 2.67. The Morgan fingerprint density at radius 2 is 1.74 bits per heavy atom. The highest BCUT2D eigenvalue weighted by Crippen LogP contribution is 2.48. The number of benzene rings is 1. The van der Waals surface area contributed by atoms with Crippen LogP contribution in [-0.4, -0.2) is 29.9 Å². The van der Waals surface area contributed by atoms with E-state index in [-0.39, 0.29) is 11.1 Å². The highest BCUT2D eigenvalue weighted by molar-refractivity contribution is 5.88. The van der Waals surface area contributed by atoms with Gasteiger partial charge in [-0.25, -0.2) is 4.79 Å². The van der Waals surface area contributed by atoms with E-state index in [2.05, 4.69) is 0 Å². The SMILES string of the molecule is COc1cc2c(cc1OC)-c1cc(=O)c(C(=O)O)cn1C1(CCCCC1)C2. The first-order chi connectivity index (χ1) is 13.0. The van der Waals surface area contributed by atoms with E-state index in [0.717, 1.165) is 48.9 Å². The van der Waals surface area contributed by atoms with Gasteiger partial charge in [-0.2, -0.15) is 0 Å². The van der Waals surface area contributed by atoms with Gasteiger partial charge in [-0.1, -0.05) is 19.3 Å². The zero-order valence-electron chi connectivity index (χ0n) is 15.6. The molecule has 2 aliphatic rings. The maximum absolute atomic E-state index is 12.4. The summed E-state index contributed by atoms with van der Waals surface area (Å²) in [5.74, 6) is 0.0803. The topological polar surface area (TPSA) is 77.8 Å². The summed E-state index contributed by atoms with van der Waals surface area (Å²) in [5, 5.41) is 9.45. The molecule has 0 amide bonds. The van der Waals surface area contributed by atoms with Crippen LogP contribution in [0.15, 0.2) is 29.2 Å².